The molecule has 0 unspecified atom stereocenters. The second kappa shape index (κ2) is 35.1. The summed E-state index contributed by atoms with van der Waals surface area (Å²) in [6, 6.07) is 0. The molecule has 0 heterocycles. The van der Waals surface area contributed by atoms with Crippen LogP contribution in [-0.4, -0.2) is 41.0 Å². The summed E-state index contributed by atoms with van der Waals surface area (Å²) in [4.78, 5) is 42.6. The van der Waals surface area contributed by atoms with Gasteiger partial charge in [-0.05, 0) is 57.8 Å². The standard InChI is InChI=1S/C39H71O8P/c1-3-5-7-9-11-13-15-17-19-21-23-25-27-29-31-33-38(40)45-35-37(36-46-48(42,43)44)47-39(41)34-32-30-28-26-24-22-20-18-16-14-12-10-8-6-4-2/h17,19,23,25,28,30,37H,3-16,18,20-22,24,26-27,29,31-36H2,1-2H3,(H2,42,43,44)/b19-17+,25-23+,30-28+/t37-/m1/s1. The fraction of sp³-hybridized carbons (Fsp3) is 0.795. The molecule has 0 rings (SSSR count). The minimum atomic E-state index is -4.76. The van der Waals surface area contributed by atoms with E-state index in [0.717, 1.165) is 38.5 Å². The third kappa shape index (κ3) is 37.1. The van der Waals surface area contributed by atoms with Gasteiger partial charge in [0.15, 0.2) is 6.10 Å². The number of esters is 2. The average molecular weight is 699 g/mol. The van der Waals surface area contributed by atoms with Crippen molar-refractivity contribution in [2.45, 2.75) is 187 Å². The molecule has 0 aliphatic carbocycles. The van der Waals surface area contributed by atoms with Crippen LogP contribution in [0.3, 0.4) is 0 Å². The minimum Gasteiger partial charge on any atom is -0.462 e. The number of carbonyl (C=O) groups excluding carboxylic acids is 2. The van der Waals surface area contributed by atoms with Crippen LogP contribution < -0.4 is 0 Å². The van der Waals surface area contributed by atoms with Gasteiger partial charge in [0, 0.05) is 12.8 Å². The number of hydrogen-bond acceptors (Lipinski definition) is 6. The van der Waals surface area contributed by atoms with Gasteiger partial charge in [0.25, 0.3) is 0 Å². The van der Waals surface area contributed by atoms with E-state index in [-0.39, 0.29) is 19.4 Å². The lowest BCUT2D eigenvalue weighted by Crippen LogP contribution is -2.29. The topological polar surface area (TPSA) is 119 Å². The van der Waals surface area contributed by atoms with E-state index in [9.17, 15) is 14.2 Å². The smallest absolute Gasteiger partial charge is 0.462 e. The predicted octanol–water partition coefficient (Wildman–Crippen LogP) is 11.4. The zero-order valence-corrected chi connectivity index (χ0v) is 31.5. The number of ether oxygens (including phenoxy) is 2. The number of rotatable bonds is 35. The molecule has 48 heavy (non-hydrogen) atoms. The predicted molar refractivity (Wildman–Crippen MR) is 198 cm³/mol. The monoisotopic (exact) mass is 698 g/mol. The molecular formula is C39H71O8P. The number of hydrogen-bond donors (Lipinski definition) is 2. The van der Waals surface area contributed by atoms with Gasteiger partial charge >= 0.3 is 19.8 Å². The van der Waals surface area contributed by atoms with Crippen molar-refractivity contribution in [3.8, 4) is 0 Å². The lowest BCUT2D eigenvalue weighted by Gasteiger charge is -2.18. The maximum absolute atomic E-state index is 12.3. The van der Waals surface area contributed by atoms with E-state index in [0.29, 0.717) is 12.8 Å². The quantitative estimate of drug-likeness (QED) is 0.0290. The molecule has 0 spiro atoms. The van der Waals surface area contributed by atoms with Crippen molar-refractivity contribution in [2.24, 2.45) is 0 Å². The van der Waals surface area contributed by atoms with E-state index >= 15 is 0 Å². The largest absolute Gasteiger partial charge is 0.469 e. The Balaban J connectivity index is 4.05. The highest BCUT2D eigenvalue weighted by Crippen LogP contribution is 2.36. The summed E-state index contributed by atoms with van der Waals surface area (Å²) in [5, 5.41) is 0. The lowest BCUT2D eigenvalue weighted by atomic mass is 10.1. The van der Waals surface area contributed by atoms with Gasteiger partial charge in [-0.2, -0.15) is 0 Å². The SMILES string of the molecule is CCCCCCCC/C=C/C/C=C/CCCCC(=O)OC[C@H](COP(=O)(O)O)OC(=O)CC/C=C/CCCCCCCCCCCCC. The van der Waals surface area contributed by atoms with E-state index in [1.165, 1.54) is 103 Å². The van der Waals surface area contributed by atoms with Crippen molar-refractivity contribution in [1.29, 1.82) is 0 Å². The van der Waals surface area contributed by atoms with Gasteiger partial charge in [-0.1, -0.05) is 147 Å². The van der Waals surface area contributed by atoms with Gasteiger partial charge < -0.3 is 19.3 Å². The molecule has 0 aliphatic rings. The summed E-state index contributed by atoms with van der Waals surface area (Å²) in [7, 11) is -4.76. The maximum Gasteiger partial charge on any atom is 0.469 e. The second-order valence-corrected chi connectivity index (χ2v) is 14.1. The summed E-state index contributed by atoms with van der Waals surface area (Å²) in [6.45, 7) is 3.61. The van der Waals surface area contributed by atoms with Crippen LogP contribution in [-0.2, 0) is 28.2 Å². The van der Waals surface area contributed by atoms with Gasteiger partial charge in [0.05, 0.1) is 6.61 Å². The van der Waals surface area contributed by atoms with E-state index < -0.39 is 32.5 Å². The normalized spacial score (nSPS) is 12.8. The molecule has 0 aromatic heterocycles. The van der Waals surface area contributed by atoms with Crippen molar-refractivity contribution in [3.05, 3.63) is 36.5 Å². The average Bonchev–Trinajstić information content (AvgIpc) is 3.05. The van der Waals surface area contributed by atoms with Crippen LogP contribution in [0.2, 0.25) is 0 Å². The van der Waals surface area contributed by atoms with Crippen LogP contribution in [0.25, 0.3) is 0 Å². The molecule has 1 atom stereocenters. The molecule has 0 saturated carbocycles. The summed E-state index contributed by atoms with van der Waals surface area (Å²) in [5.74, 6) is -0.979. The van der Waals surface area contributed by atoms with E-state index in [1.54, 1.807) is 0 Å². The van der Waals surface area contributed by atoms with Crippen LogP contribution in [0.1, 0.15) is 181 Å². The number of phosphoric acid groups is 1. The van der Waals surface area contributed by atoms with Crippen LogP contribution in [0.5, 0.6) is 0 Å². The first-order chi connectivity index (χ1) is 23.3. The first-order valence-electron chi connectivity index (χ1n) is 19.3. The van der Waals surface area contributed by atoms with Crippen molar-refractivity contribution in [2.75, 3.05) is 13.2 Å². The summed E-state index contributed by atoms with van der Waals surface area (Å²) in [5.41, 5.74) is 0. The number of carbonyl (C=O) groups is 2. The molecule has 0 fully saturated rings. The molecule has 0 bridgehead atoms. The zero-order valence-electron chi connectivity index (χ0n) is 30.6. The Morgan fingerprint density at radius 1 is 0.542 bits per heavy atom. The lowest BCUT2D eigenvalue weighted by molar-refractivity contribution is -0.161. The van der Waals surface area contributed by atoms with Crippen molar-refractivity contribution < 1.29 is 37.9 Å². The highest BCUT2D eigenvalue weighted by Gasteiger charge is 2.22. The van der Waals surface area contributed by atoms with Crippen LogP contribution >= 0.6 is 7.82 Å². The molecule has 0 amide bonds. The fourth-order valence-electron chi connectivity index (χ4n) is 5.24. The minimum absolute atomic E-state index is 0.123. The zero-order chi connectivity index (χ0) is 35.4. The Kier molecular flexibility index (Phi) is 33.8. The van der Waals surface area contributed by atoms with Gasteiger partial charge in [-0.15, -0.1) is 0 Å². The van der Waals surface area contributed by atoms with Crippen LogP contribution in [0.4, 0.5) is 0 Å². The Labute approximate surface area is 293 Å². The molecule has 280 valence electrons. The summed E-state index contributed by atoms with van der Waals surface area (Å²) in [6.07, 6.45) is 40.2. The van der Waals surface area contributed by atoms with Crippen molar-refractivity contribution in [1.82, 2.24) is 0 Å². The first kappa shape index (κ1) is 46.3. The number of unbranched alkanes of at least 4 members (excludes halogenated alkanes) is 19. The van der Waals surface area contributed by atoms with Crippen LogP contribution in [0, 0.1) is 0 Å². The second-order valence-electron chi connectivity index (χ2n) is 12.9. The van der Waals surface area contributed by atoms with E-state index in [1.807, 2.05) is 6.08 Å². The Hall–Kier alpha value is -1.73. The Bertz CT molecular complexity index is 879. The molecule has 9 heteroatoms. The summed E-state index contributed by atoms with van der Waals surface area (Å²) < 4.78 is 26.2. The Morgan fingerprint density at radius 2 is 0.979 bits per heavy atom. The molecular weight excluding hydrogens is 627 g/mol. The van der Waals surface area contributed by atoms with Gasteiger partial charge in [-0.3, -0.25) is 14.1 Å². The molecule has 0 saturated heterocycles. The van der Waals surface area contributed by atoms with Crippen molar-refractivity contribution in [3.63, 3.8) is 0 Å². The van der Waals surface area contributed by atoms with Gasteiger partial charge in [0.2, 0.25) is 0 Å². The van der Waals surface area contributed by atoms with Crippen LogP contribution in [0.15, 0.2) is 36.5 Å². The summed E-state index contributed by atoms with van der Waals surface area (Å²) >= 11 is 0. The molecule has 8 nitrogen and oxygen atoms in total. The van der Waals surface area contributed by atoms with E-state index in [2.05, 4.69) is 48.8 Å². The Morgan fingerprint density at radius 3 is 1.48 bits per heavy atom. The van der Waals surface area contributed by atoms with E-state index in [4.69, 9.17) is 19.3 Å². The highest BCUT2D eigenvalue weighted by molar-refractivity contribution is 7.46. The fourth-order valence-corrected chi connectivity index (χ4v) is 5.60. The molecule has 0 radical (unpaired) electrons. The van der Waals surface area contributed by atoms with Gasteiger partial charge in [0.1, 0.15) is 6.61 Å². The molecule has 2 N–H and O–H groups in total. The molecule has 0 aromatic rings. The highest BCUT2D eigenvalue weighted by atomic mass is 31.2. The third-order valence-corrected chi connectivity index (χ3v) is 8.63. The number of phosphoric ester groups is 1. The molecule has 0 aromatic carbocycles. The first-order valence-corrected chi connectivity index (χ1v) is 20.8. The van der Waals surface area contributed by atoms with Gasteiger partial charge in [-0.25, -0.2) is 4.57 Å². The molecule has 0 aliphatic heterocycles. The number of allylic oxidation sites excluding steroid dienone is 6. The maximum atomic E-state index is 12.3. The third-order valence-electron chi connectivity index (χ3n) is 8.14. The van der Waals surface area contributed by atoms with Crippen molar-refractivity contribution >= 4 is 19.8 Å².